The topological polar surface area (TPSA) is 0 Å². The van der Waals surface area contributed by atoms with Crippen LogP contribution in [0.25, 0.3) is 11.1 Å². The lowest BCUT2D eigenvalue weighted by Crippen LogP contribution is -2.46. The largest absolute Gasteiger partial charge is 0.308 e. The third-order valence-electron chi connectivity index (χ3n) is 7.42. The maximum atomic E-state index is 15.8. The molecule has 33 heavy (non-hydrogen) atoms. The van der Waals surface area contributed by atoms with Crippen LogP contribution in [0.5, 0.6) is 0 Å². The fourth-order valence-electron chi connectivity index (χ4n) is 5.16. The maximum Gasteiger partial charge on any atom is 0.277 e. The lowest BCUT2D eigenvalue weighted by atomic mass is 9.96. The number of hydrogen-bond donors (Lipinski definition) is 0. The summed E-state index contributed by atoms with van der Waals surface area (Å²) < 4.78 is 28.9. The molecule has 0 aromatic heterocycles. The van der Waals surface area contributed by atoms with Crippen molar-refractivity contribution in [3.05, 3.63) is 89.7 Å². The standard InChI is InChI=1S/C30H36F2Si/c1-2-3-4-5-24-20-22-33(32,23-21-24)30-18-10-26(11-19-30)7-6-25-8-12-27(13-9-25)28-14-16-29(31)17-15-28/h8-19,24H,2-7,20-23H2,1H3. The van der Waals surface area contributed by atoms with Crippen LogP contribution in [-0.2, 0) is 12.8 Å². The number of aryl methyl sites for hydroxylation is 2. The number of benzene rings is 3. The predicted octanol–water partition coefficient (Wildman–Crippen LogP) is 8.39. The average molecular weight is 463 g/mol. The number of halogens is 2. The van der Waals surface area contributed by atoms with Gasteiger partial charge in [-0.3, -0.25) is 0 Å². The van der Waals surface area contributed by atoms with Gasteiger partial charge in [0.15, 0.2) is 0 Å². The van der Waals surface area contributed by atoms with Crippen LogP contribution in [0.1, 0.15) is 56.6 Å². The summed E-state index contributed by atoms with van der Waals surface area (Å²) in [4.78, 5) is 0. The van der Waals surface area contributed by atoms with E-state index in [1.54, 1.807) is 0 Å². The molecule has 174 valence electrons. The molecule has 0 amide bonds. The summed E-state index contributed by atoms with van der Waals surface area (Å²) >= 11 is 0. The minimum Gasteiger partial charge on any atom is -0.308 e. The lowest BCUT2D eigenvalue weighted by Gasteiger charge is -2.32. The van der Waals surface area contributed by atoms with Crippen molar-refractivity contribution in [1.82, 2.24) is 0 Å². The highest BCUT2D eigenvalue weighted by molar-refractivity contribution is 6.86. The molecule has 0 atom stereocenters. The van der Waals surface area contributed by atoms with Gasteiger partial charge < -0.3 is 4.11 Å². The second-order valence-corrected chi connectivity index (χ2v) is 13.3. The Morgan fingerprint density at radius 3 is 1.79 bits per heavy atom. The van der Waals surface area contributed by atoms with E-state index in [2.05, 4.69) is 55.5 Å². The minimum absolute atomic E-state index is 0.210. The van der Waals surface area contributed by atoms with Crippen LogP contribution < -0.4 is 5.19 Å². The summed E-state index contributed by atoms with van der Waals surface area (Å²) in [5, 5.41) is 1.00. The van der Waals surface area contributed by atoms with Gasteiger partial charge in [-0.25, -0.2) is 4.39 Å². The molecule has 1 heterocycles. The summed E-state index contributed by atoms with van der Waals surface area (Å²) in [6, 6.07) is 25.2. The normalized spacial score (nSPS) is 20.6. The molecule has 0 bridgehead atoms. The maximum absolute atomic E-state index is 15.8. The van der Waals surface area contributed by atoms with Crippen LogP contribution in [0.15, 0.2) is 72.8 Å². The Morgan fingerprint density at radius 1 is 0.727 bits per heavy atom. The van der Waals surface area contributed by atoms with E-state index in [9.17, 15) is 4.39 Å². The Kier molecular flexibility index (Phi) is 8.14. The molecular formula is C30H36F2Si. The molecular weight excluding hydrogens is 426 g/mol. The van der Waals surface area contributed by atoms with E-state index >= 15 is 4.11 Å². The zero-order valence-corrected chi connectivity index (χ0v) is 20.8. The van der Waals surface area contributed by atoms with Gasteiger partial charge in [0.05, 0.1) is 0 Å². The summed E-state index contributed by atoms with van der Waals surface area (Å²) in [5.41, 5.74) is 4.68. The van der Waals surface area contributed by atoms with Gasteiger partial charge in [-0.15, -0.1) is 0 Å². The molecule has 0 N–H and O–H groups in total. The van der Waals surface area contributed by atoms with E-state index in [1.807, 2.05) is 12.1 Å². The zero-order chi connectivity index (χ0) is 23.1. The summed E-state index contributed by atoms with van der Waals surface area (Å²) in [6.07, 6.45) is 9.27. The van der Waals surface area contributed by atoms with E-state index in [1.165, 1.54) is 48.9 Å². The Bertz CT molecular complexity index is 985. The van der Waals surface area contributed by atoms with Crippen LogP contribution in [0, 0.1) is 11.7 Å². The first kappa shape index (κ1) is 23.9. The van der Waals surface area contributed by atoms with Gasteiger partial charge in [-0.2, -0.15) is 0 Å². The molecule has 0 saturated carbocycles. The molecule has 1 saturated heterocycles. The first-order valence-corrected chi connectivity index (χ1v) is 15.0. The van der Waals surface area contributed by atoms with E-state index < -0.39 is 8.41 Å². The zero-order valence-electron chi connectivity index (χ0n) is 19.8. The molecule has 4 rings (SSSR count). The molecule has 1 aliphatic rings. The SMILES string of the molecule is CCCCCC1CC[Si](F)(c2ccc(CCc3ccc(-c4ccc(F)cc4)cc3)cc2)CC1. The number of hydrogen-bond acceptors (Lipinski definition) is 0. The minimum atomic E-state index is -2.78. The second kappa shape index (κ2) is 11.2. The highest BCUT2D eigenvalue weighted by atomic mass is 28.4. The monoisotopic (exact) mass is 462 g/mol. The Hall–Kier alpha value is -2.26. The van der Waals surface area contributed by atoms with Crippen molar-refractivity contribution in [2.45, 2.75) is 70.4 Å². The van der Waals surface area contributed by atoms with Crippen molar-refractivity contribution in [3.8, 4) is 11.1 Å². The molecule has 0 unspecified atom stereocenters. The molecule has 3 aromatic carbocycles. The first-order valence-electron chi connectivity index (χ1n) is 12.7. The van der Waals surface area contributed by atoms with Gasteiger partial charge in [-0.1, -0.05) is 106 Å². The van der Waals surface area contributed by atoms with Crippen molar-refractivity contribution in [1.29, 1.82) is 0 Å². The van der Waals surface area contributed by atoms with Gasteiger partial charge in [-0.05, 0) is 70.4 Å². The summed E-state index contributed by atoms with van der Waals surface area (Å²) in [7, 11) is -2.78. The van der Waals surface area contributed by atoms with Crippen molar-refractivity contribution in [2.24, 2.45) is 5.92 Å². The van der Waals surface area contributed by atoms with Crippen LogP contribution >= 0.6 is 0 Å². The van der Waals surface area contributed by atoms with Gasteiger partial charge in [0, 0.05) is 0 Å². The van der Waals surface area contributed by atoms with Gasteiger partial charge in [0.2, 0.25) is 0 Å². The van der Waals surface area contributed by atoms with E-state index in [-0.39, 0.29) is 5.82 Å². The third kappa shape index (κ3) is 6.41. The first-order chi connectivity index (χ1) is 16.1. The fraction of sp³-hybridized carbons (Fsp3) is 0.400. The van der Waals surface area contributed by atoms with Gasteiger partial charge in [0.1, 0.15) is 5.82 Å². The van der Waals surface area contributed by atoms with Crippen LogP contribution in [0.2, 0.25) is 12.1 Å². The molecule has 1 aliphatic heterocycles. The number of rotatable bonds is 9. The van der Waals surface area contributed by atoms with E-state index in [0.29, 0.717) is 0 Å². The Morgan fingerprint density at radius 2 is 1.24 bits per heavy atom. The average Bonchev–Trinajstić information content (AvgIpc) is 2.85. The summed E-state index contributed by atoms with van der Waals surface area (Å²) in [5.74, 6) is 0.541. The fourth-order valence-corrected chi connectivity index (χ4v) is 8.48. The summed E-state index contributed by atoms with van der Waals surface area (Å²) in [6.45, 7) is 2.25. The molecule has 0 radical (unpaired) electrons. The third-order valence-corrected chi connectivity index (χ3v) is 10.9. The van der Waals surface area contributed by atoms with Crippen molar-refractivity contribution in [2.75, 3.05) is 0 Å². The second-order valence-electron chi connectivity index (χ2n) is 9.81. The molecule has 0 aliphatic carbocycles. The Balaban J connectivity index is 1.29. The Labute approximate surface area is 199 Å². The van der Waals surface area contributed by atoms with Crippen molar-refractivity contribution in [3.63, 3.8) is 0 Å². The van der Waals surface area contributed by atoms with Gasteiger partial charge >= 0.3 is 0 Å². The predicted molar refractivity (Wildman–Crippen MR) is 139 cm³/mol. The van der Waals surface area contributed by atoms with Crippen molar-refractivity contribution < 1.29 is 8.50 Å². The smallest absolute Gasteiger partial charge is 0.277 e. The van der Waals surface area contributed by atoms with Crippen LogP contribution in [-0.4, -0.2) is 8.41 Å². The van der Waals surface area contributed by atoms with E-state index in [0.717, 1.165) is 60.0 Å². The quantitative estimate of drug-likeness (QED) is 0.170. The number of unbranched alkanes of at least 4 members (excludes halogenated alkanes) is 2. The molecule has 1 fully saturated rings. The van der Waals surface area contributed by atoms with Crippen molar-refractivity contribution >= 4 is 13.6 Å². The van der Waals surface area contributed by atoms with Gasteiger partial charge in [0.25, 0.3) is 8.41 Å². The lowest BCUT2D eigenvalue weighted by molar-refractivity contribution is 0.405. The molecule has 3 heteroatoms. The highest BCUT2D eigenvalue weighted by Crippen LogP contribution is 2.35. The van der Waals surface area contributed by atoms with Crippen LogP contribution in [0.3, 0.4) is 0 Å². The van der Waals surface area contributed by atoms with E-state index in [4.69, 9.17) is 0 Å². The molecule has 0 nitrogen and oxygen atoms in total. The molecule has 0 spiro atoms. The highest BCUT2D eigenvalue weighted by Gasteiger charge is 2.40. The van der Waals surface area contributed by atoms with Crippen LogP contribution in [0.4, 0.5) is 8.50 Å². The molecule has 3 aromatic rings.